The predicted octanol–water partition coefficient (Wildman–Crippen LogP) is 3.12. The lowest BCUT2D eigenvalue weighted by Gasteiger charge is -2.11. The molecule has 0 saturated carbocycles. The molecule has 0 saturated heterocycles. The fraction of sp³-hybridized carbons (Fsp3) is 0.474. The van der Waals surface area contributed by atoms with Gasteiger partial charge in [0.1, 0.15) is 5.01 Å². The van der Waals surface area contributed by atoms with Crippen LogP contribution in [0.5, 0.6) is 11.5 Å². The molecule has 1 aromatic carbocycles. The average molecular weight is 375 g/mol. The summed E-state index contributed by atoms with van der Waals surface area (Å²) in [5.41, 5.74) is 1.09. The second-order valence-corrected chi connectivity index (χ2v) is 7.15. The van der Waals surface area contributed by atoms with Crippen molar-refractivity contribution < 1.29 is 9.47 Å². The lowest BCUT2D eigenvalue weighted by Crippen LogP contribution is -2.36. The number of fused-ring (bicyclic) bond motifs is 1. The van der Waals surface area contributed by atoms with Gasteiger partial charge in [0.2, 0.25) is 0 Å². The maximum absolute atomic E-state index is 5.75. The van der Waals surface area contributed by atoms with Crippen molar-refractivity contribution in [3.8, 4) is 11.5 Å². The van der Waals surface area contributed by atoms with Crippen LogP contribution in [0.25, 0.3) is 0 Å². The van der Waals surface area contributed by atoms with E-state index in [0.29, 0.717) is 26.3 Å². The van der Waals surface area contributed by atoms with Crippen LogP contribution in [0, 0.1) is 0 Å². The Balaban J connectivity index is 1.62. The lowest BCUT2D eigenvalue weighted by atomic mass is 10.2. The molecule has 0 amide bonds. The van der Waals surface area contributed by atoms with Crippen LogP contribution in [0.15, 0.2) is 29.4 Å². The molecule has 0 radical (unpaired) electrons. The normalized spacial score (nSPS) is 14.0. The number of guanidine groups is 1. The molecule has 0 bridgehead atoms. The topological polar surface area (TPSA) is 67.8 Å². The number of benzene rings is 1. The summed E-state index contributed by atoms with van der Waals surface area (Å²) in [4.78, 5) is 10.4. The molecule has 1 aromatic heterocycles. The summed E-state index contributed by atoms with van der Waals surface area (Å²) in [6, 6.07) is 6.02. The SMILES string of the molecule is CCNC(=NCc1ccc2c(c1)OCCCO2)NCc1ncc(CC)s1. The van der Waals surface area contributed by atoms with Gasteiger partial charge in [-0.3, -0.25) is 0 Å². The van der Waals surface area contributed by atoms with Gasteiger partial charge in [-0.15, -0.1) is 11.3 Å². The van der Waals surface area contributed by atoms with Crippen molar-refractivity contribution in [2.75, 3.05) is 19.8 Å². The molecule has 0 unspecified atom stereocenters. The fourth-order valence-corrected chi connectivity index (χ4v) is 3.37. The van der Waals surface area contributed by atoms with E-state index in [1.165, 1.54) is 4.88 Å². The van der Waals surface area contributed by atoms with Crippen molar-refractivity contribution in [1.82, 2.24) is 15.6 Å². The second-order valence-electron chi connectivity index (χ2n) is 5.95. The zero-order chi connectivity index (χ0) is 18.2. The molecule has 0 spiro atoms. The minimum absolute atomic E-state index is 0.573. The zero-order valence-electron chi connectivity index (χ0n) is 15.4. The molecule has 26 heavy (non-hydrogen) atoms. The summed E-state index contributed by atoms with van der Waals surface area (Å²) in [5, 5.41) is 7.70. The van der Waals surface area contributed by atoms with Crippen LogP contribution in [-0.4, -0.2) is 30.7 Å². The van der Waals surface area contributed by atoms with E-state index in [1.54, 1.807) is 11.3 Å². The minimum atomic E-state index is 0.573. The number of aryl methyl sites for hydroxylation is 1. The molecule has 1 aliphatic heterocycles. The largest absolute Gasteiger partial charge is 0.490 e. The molecule has 0 fully saturated rings. The molecule has 0 aliphatic carbocycles. The lowest BCUT2D eigenvalue weighted by molar-refractivity contribution is 0.297. The summed E-state index contributed by atoms with van der Waals surface area (Å²) >= 11 is 1.74. The number of nitrogens with one attached hydrogen (secondary N) is 2. The highest BCUT2D eigenvalue weighted by Crippen LogP contribution is 2.30. The third-order valence-corrected chi connectivity index (χ3v) is 5.07. The first-order valence-corrected chi connectivity index (χ1v) is 9.94. The van der Waals surface area contributed by atoms with E-state index in [0.717, 1.165) is 47.4 Å². The molecule has 2 heterocycles. The average Bonchev–Trinajstić information content (AvgIpc) is 3.00. The van der Waals surface area contributed by atoms with Gasteiger partial charge >= 0.3 is 0 Å². The highest BCUT2D eigenvalue weighted by molar-refractivity contribution is 7.11. The third-order valence-electron chi connectivity index (χ3n) is 3.93. The van der Waals surface area contributed by atoms with Crippen LogP contribution >= 0.6 is 11.3 Å². The number of rotatable bonds is 6. The summed E-state index contributed by atoms with van der Waals surface area (Å²) in [5.74, 6) is 2.41. The first kappa shape index (κ1) is 18.5. The maximum Gasteiger partial charge on any atom is 0.191 e. The van der Waals surface area contributed by atoms with Crippen molar-refractivity contribution >= 4 is 17.3 Å². The molecular weight excluding hydrogens is 348 g/mol. The quantitative estimate of drug-likeness (QED) is 0.601. The minimum Gasteiger partial charge on any atom is -0.490 e. The van der Waals surface area contributed by atoms with Crippen molar-refractivity contribution in [2.24, 2.45) is 4.99 Å². The molecule has 1 aliphatic rings. The van der Waals surface area contributed by atoms with Gasteiger partial charge in [0, 0.05) is 24.0 Å². The van der Waals surface area contributed by atoms with Gasteiger partial charge in [-0.1, -0.05) is 13.0 Å². The van der Waals surface area contributed by atoms with Crippen LogP contribution in [0.1, 0.15) is 35.7 Å². The molecule has 0 atom stereocenters. The number of aromatic nitrogens is 1. The van der Waals surface area contributed by atoms with Gasteiger partial charge in [-0.25, -0.2) is 9.98 Å². The van der Waals surface area contributed by atoms with Gasteiger partial charge in [0.15, 0.2) is 17.5 Å². The summed E-state index contributed by atoms with van der Waals surface area (Å²) in [7, 11) is 0. The van der Waals surface area contributed by atoms with E-state index in [4.69, 9.17) is 9.47 Å². The van der Waals surface area contributed by atoms with Crippen molar-refractivity contribution in [3.05, 3.63) is 39.8 Å². The second kappa shape index (κ2) is 9.43. The Morgan fingerprint density at radius 2 is 2.04 bits per heavy atom. The summed E-state index contributed by atoms with van der Waals surface area (Å²) in [6.45, 7) is 7.66. The molecule has 2 N–H and O–H groups in total. The Kier molecular flexibility index (Phi) is 6.71. The fourth-order valence-electron chi connectivity index (χ4n) is 2.57. The Labute approximate surface area is 158 Å². The molecule has 6 nitrogen and oxygen atoms in total. The van der Waals surface area contributed by atoms with E-state index in [-0.39, 0.29) is 0 Å². The number of nitrogens with zero attached hydrogens (tertiary/aromatic N) is 2. The molecule has 7 heteroatoms. The Morgan fingerprint density at radius 3 is 2.81 bits per heavy atom. The smallest absolute Gasteiger partial charge is 0.191 e. The molecular formula is C19H26N4O2S. The third kappa shape index (κ3) is 5.11. The number of hydrogen-bond acceptors (Lipinski definition) is 5. The van der Waals surface area contributed by atoms with Crippen LogP contribution in [0.2, 0.25) is 0 Å². The predicted molar refractivity (Wildman–Crippen MR) is 105 cm³/mol. The van der Waals surface area contributed by atoms with E-state index in [1.807, 2.05) is 24.4 Å². The Bertz CT molecular complexity index is 745. The molecule has 2 aromatic rings. The molecule has 3 rings (SSSR count). The van der Waals surface area contributed by atoms with E-state index in [9.17, 15) is 0 Å². The number of aliphatic imine (C=N–C) groups is 1. The first-order valence-electron chi connectivity index (χ1n) is 9.12. The molecule has 140 valence electrons. The van der Waals surface area contributed by atoms with Gasteiger partial charge in [0.05, 0.1) is 26.3 Å². The van der Waals surface area contributed by atoms with Crippen molar-refractivity contribution in [2.45, 2.75) is 39.8 Å². The zero-order valence-corrected chi connectivity index (χ0v) is 16.2. The van der Waals surface area contributed by atoms with Crippen molar-refractivity contribution in [3.63, 3.8) is 0 Å². The summed E-state index contributed by atoms with van der Waals surface area (Å²) in [6.07, 6.45) is 3.88. The Morgan fingerprint density at radius 1 is 1.19 bits per heavy atom. The van der Waals surface area contributed by atoms with Gasteiger partial charge in [-0.2, -0.15) is 0 Å². The van der Waals surface area contributed by atoms with Gasteiger partial charge in [-0.05, 0) is 31.0 Å². The van der Waals surface area contributed by atoms with Crippen LogP contribution < -0.4 is 20.1 Å². The van der Waals surface area contributed by atoms with Crippen molar-refractivity contribution in [1.29, 1.82) is 0 Å². The van der Waals surface area contributed by atoms with E-state index >= 15 is 0 Å². The number of hydrogen-bond donors (Lipinski definition) is 2. The van der Waals surface area contributed by atoms with Gasteiger partial charge in [0.25, 0.3) is 0 Å². The summed E-state index contributed by atoms with van der Waals surface area (Å²) < 4.78 is 11.4. The van der Waals surface area contributed by atoms with E-state index in [2.05, 4.69) is 34.5 Å². The number of ether oxygens (including phenoxy) is 2. The van der Waals surface area contributed by atoms with Gasteiger partial charge < -0.3 is 20.1 Å². The highest BCUT2D eigenvalue weighted by atomic mass is 32.1. The monoisotopic (exact) mass is 374 g/mol. The van der Waals surface area contributed by atoms with E-state index < -0.39 is 0 Å². The maximum atomic E-state index is 5.75. The Hall–Kier alpha value is -2.28. The highest BCUT2D eigenvalue weighted by Gasteiger charge is 2.10. The van der Waals surface area contributed by atoms with Crippen LogP contribution in [0.4, 0.5) is 0 Å². The van der Waals surface area contributed by atoms with Crippen LogP contribution in [-0.2, 0) is 19.5 Å². The standard InChI is InChI=1S/C19H26N4O2S/c1-3-15-12-21-18(26-15)13-23-19(20-4-2)22-11-14-6-7-16-17(10-14)25-9-5-8-24-16/h6-7,10,12H,3-5,8-9,11,13H2,1-2H3,(H2,20,22,23). The van der Waals surface area contributed by atoms with Crippen LogP contribution in [0.3, 0.4) is 0 Å². The number of thiazole rings is 1. The first-order chi connectivity index (χ1) is 12.8.